The fraction of sp³-hybridized carbons (Fsp3) is 0.312. The van der Waals surface area contributed by atoms with Crippen molar-refractivity contribution >= 4 is 17.6 Å². The first-order chi connectivity index (χ1) is 11.9. The third-order valence-corrected chi connectivity index (χ3v) is 4.42. The number of nitrogen functional groups attached to an aromatic ring is 1. The Kier molecular flexibility index (Phi) is 4.30. The van der Waals surface area contributed by atoms with Crippen molar-refractivity contribution in [2.75, 3.05) is 18.8 Å². The molecule has 5 N–H and O–H groups in total. The molecule has 132 valence electrons. The molecule has 25 heavy (non-hydrogen) atoms. The van der Waals surface area contributed by atoms with E-state index in [0.717, 1.165) is 6.07 Å². The number of imidazole rings is 1. The zero-order valence-corrected chi connectivity index (χ0v) is 13.4. The SMILES string of the molecule is NC(=O)c1ncn(C2CCN(C(=O)c3c(O)cccc3F)CC2)c1N. The second kappa shape index (κ2) is 6.42. The Balaban J connectivity index is 1.72. The van der Waals surface area contributed by atoms with Crippen LogP contribution in [0.3, 0.4) is 0 Å². The molecule has 2 aromatic rings. The smallest absolute Gasteiger partial charge is 0.271 e. The van der Waals surface area contributed by atoms with E-state index < -0.39 is 17.6 Å². The van der Waals surface area contributed by atoms with Crippen LogP contribution in [0.5, 0.6) is 5.75 Å². The molecular formula is C16H18FN5O3. The lowest BCUT2D eigenvalue weighted by Gasteiger charge is -2.33. The lowest BCUT2D eigenvalue weighted by atomic mass is 10.0. The van der Waals surface area contributed by atoms with Gasteiger partial charge < -0.3 is 26.0 Å². The van der Waals surface area contributed by atoms with E-state index in [1.165, 1.54) is 23.4 Å². The Morgan fingerprint density at radius 3 is 2.52 bits per heavy atom. The van der Waals surface area contributed by atoms with Crippen molar-refractivity contribution in [3.05, 3.63) is 41.6 Å². The highest BCUT2D eigenvalue weighted by atomic mass is 19.1. The summed E-state index contributed by atoms with van der Waals surface area (Å²) in [5.74, 6) is -2.18. The molecule has 1 aliphatic heterocycles. The molecule has 2 heterocycles. The summed E-state index contributed by atoms with van der Waals surface area (Å²) in [5.41, 5.74) is 10.8. The van der Waals surface area contributed by atoms with E-state index in [1.54, 1.807) is 4.57 Å². The number of carbonyl (C=O) groups is 2. The summed E-state index contributed by atoms with van der Waals surface area (Å²) in [4.78, 5) is 29.1. The van der Waals surface area contributed by atoms with Crippen LogP contribution < -0.4 is 11.5 Å². The van der Waals surface area contributed by atoms with E-state index in [9.17, 15) is 19.1 Å². The van der Waals surface area contributed by atoms with Crippen molar-refractivity contribution < 1.29 is 19.1 Å². The molecule has 0 radical (unpaired) electrons. The minimum absolute atomic E-state index is 0.0229. The molecule has 0 atom stereocenters. The van der Waals surface area contributed by atoms with E-state index in [2.05, 4.69) is 4.98 Å². The molecule has 0 unspecified atom stereocenters. The van der Waals surface area contributed by atoms with Crippen molar-refractivity contribution in [2.24, 2.45) is 5.73 Å². The van der Waals surface area contributed by atoms with Gasteiger partial charge in [-0.3, -0.25) is 9.59 Å². The van der Waals surface area contributed by atoms with Crippen LogP contribution >= 0.6 is 0 Å². The molecule has 8 nitrogen and oxygen atoms in total. The Bertz CT molecular complexity index is 807. The minimum Gasteiger partial charge on any atom is -0.507 e. The van der Waals surface area contributed by atoms with E-state index >= 15 is 0 Å². The van der Waals surface area contributed by atoms with Crippen LogP contribution in [0.25, 0.3) is 0 Å². The molecule has 9 heteroatoms. The van der Waals surface area contributed by atoms with Crippen LogP contribution in [0, 0.1) is 5.82 Å². The summed E-state index contributed by atoms with van der Waals surface area (Å²) in [6.07, 6.45) is 2.57. The normalized spacial score (nSPS) is 15.3. The highest BCUT2D eigenvalue weighted by Crippen LogP contribution is 2.29. The third-order valence-electron chi connectivity index (χ3n) is 4.42. The molecule has 1 aromatic heterocycles. The summed E-state index contributed by atoms with van der Waals surface area (Å²) < 4.78 is 15.5. The summed E-state index contributed by atoms with van der Waals surface area (Å²) in [6.45, 7) is 0.724. The highest BCUT2D eigenvalue weighted by Gasteiger charge is 2.29. The first-order valence-corrected chi connectivity index (χ1v) is 7.79. The summed E-state index contributed by atoms with van der Waals surface area (Å²) in [6, 6.07) is 3.71. The number of halogens is 1. The molecule has 1 fully saturated rings. The molecule has 0 saturated carbocycles. The number of phenolic OH excluding ortho intramolecular Hbond substituents is 1. The summed E-state index contributed by atoms with van der Waals surface area (Å²) >= 11 is 0. The van der Waals surface area contributed by atoms with Crippen molar-refractivity contribution in [1.29, 1.82) is 0 Å². The van der Waals surface area contributed by atoms with E-state index in [4.69, 9.17) is 11.5 Å². The Labute approximate surface area is 142 Å². The topological polar surface area (TPSA) is 127 Å². The molecule has 0 spiro atoms. The second-order valence-corrected chi connectivity index (χ2v) is 5.91. The number of piperidine rings is 1. The monoisotopic (exact) mass is 347 g/mol. The van der Waals surface area contributed by atoms with Crippen LogP contribution in [-0.2, 0) is 0 Å². The number of nitrogens with zero attached hydrogens (tertiary/aromatic N) is 3. The minimum atomic E-state index is -0.753. The number of carbonyl (C=O) groups excluding carboxylic acids is 2. The molecule has 1 aliphatic rings. The van der Waals surface area contributed by atoms with Gasteiger partial charge in [0, 0.05) is 19.1 Å². The van der Waals surface area contributed by atoms with Crippen molar-refractivity contribution in [3.8, 4) is 5.75 Å². The van der Waals surface area contributed by atoms with E-state index in [0.29, 0.717) is 25.9 Å². The van der Waals surface area contributed by atoms with Gasteiger partial charge in [0.25, 0.3) is 11.8 Å². The number of aromatic nitrogens is 2. The lowest BCUT2D eigenvalue weighted by Crippen LogP contribution is -2.39. The molecule has 0 bridgehead atoms. The van der Waals surface area contributed by atoms with Gasteiger partial charge in [0.05, 0.1) is 6.33 Å². The maximum absolute atomic E-state index is 13.8. The van der Waals surface area contributed by atoms with Gasteiger partial charge >= 0.3 is 0 Å². The molecule has 0 aliphatic carbocycles. The number of amides is 2. The Morgan fingerprint density at radius 2 is 1.96 bits per heavy atom. The van der Waals surface area contributed by atoms with Crippen molar-refractivity contribution in [1.82, 2.24) is 14.5 Å². The average Bonchev–Trinajstić information content (AvgIpc) is 2.96. The predicted molar refractivity (Wildman–Crippen MR) is 87.4 cm³/mol. The molecule has 1 saturated heterocycles. The van der Waals surface area contributed by atoms with E-state index in [-0.39, 0.29) is 28.9 Å². The van der Waals surface area contributed by atoms with Crippen molar-refractivity contribution in [3.63, 3.8) is 0 Å². The fourth-order valence-corrected chi connectivity index (χ4v) is 3.08. The zero-order valence-electron chi connectivity index (χ0n) is 13.4. The van der Waals surface area contributed by atoms with Crippen LogP contribution in [0.4, 0.5) is 10.2 Å². The zero-order chi connectivity index (χ0) is 18.1. The van der Waals surface area contributed by atoms with Gasteiger partial charge in [-0.1, -0.05) is 6.07 Å². The number of rotatable bonds is 3. The first-order valence-electron chi connectivity index (χ1n) is 7.79. The van der Waals surface area contributed by atoms with Gasteiger partial charge in [0.15, 0.2) is 5.69 Å². The maximum Gasteiger partial charge on any atom is 0.271 e. The standard InChI is InChI=1S/C16H18FN5O3/c17-10-2-1-3-11(23)12(10)16(25)21-6-4-9(5-7-21)22-8-20-13(14(22)18)15(19)24/h1-3,8-9,23H,4-7,18H2,(H2,19,24). The number of hydrogen-bond acceptors (Lipinski definition) is 5. The number of aromatic hydroxyl groups is 1. The lowest BCUT2D eigenvalue weighted by molar-refractivity contribution is 0.0687. The third kappa shape index (κ3) is 3.00. The van der Waals surface area contributed by atoms with Gasteiger partial charge in [-0.15, -0.1) is 0 Å². The quantitative estimate of drug-likeness (QED) is 0.759. The van der Waals surface area contributed by atoms with Crippen LogP contribution in [0.15, 0.2) is 24.5 Å². The number of anilines is 1. The predicted octanol–water partition coefficient (Wildman–Crippen LogP) is 0.886. The summed E-state index contributed by atoms with van der Waals surface area (Å²) in [5, 5.41) is 9.75. The van der Waals surface area contributed by atoms with Gasteiger partial charge in [-0.05, 0) is 25.0 Å². The van der Waals surface area contributed by atoms with Crippen LogP contribution in [0.1, 0.15) is 39.7 Å². The number of primary amides is 1. The number of phenols is 1. The summed E-state index contributed by atoms with van der Waals surface area (Å²) in [7, 11) is 0. The van der Waals surface area contributed by atoms with E-state index in [1.807, 2.05) is 0 Å². The van der Waals surface area contributed by atoms with Gasteiger partial charge in [0.2, 0.25) is 0 Å². The number of likely N-dealkylation sites (tertiary alicyclic amines) is 1. The Hall–Kier alpha value is -3.10. The molecule has 2 amide bonds. The molecule has 1 aromatic carbocycles. The van der Waals surface area contributed by atoms with Gasteiger partial charge in [-0.25, -0.2) is 9.37 Å². The molecular weight excluding hydrogens is 329 g/mol. The number of nitrogens with two attached hydrogens (primary N) is 2. The van der Waals surface area contributed by atoms with Gasteiger partial charge in [0.1, 0.15) is 22.9 Å². The first kappa shape index (κ1) is 16.7. The number of benzene rings is 1. The van der Waals surface area contributed by atoms with Crippen LogP contribution in [0.2, 0.25) is 0 Å². The molecule has 3 rings (SSSR count). The largest absolute Gasteiger partial charge is 0.507 e. The highest BCUT2D eigenvalue weighted by molar-refractivity contribution is 5.97. The average molecular weight is 347 g/mol. The number of hydrogen-bond donors (Lipinski definition) is 3. The van der Waals surface area contributed by atoms with Crippen LogP contribution in [-0.4, -0.2) is 44.5 Å². The fourth-order valence-electron chi connectivity index (χ4n) is 3.08. The Morgan fingerprint density at radius 1 is 1.28 bits per heavy atom. The van der Waals surface area contributed by atoms with Crippen molar-refractivity contribution in [2.45, 2.75) is 18.9 Å². The second-order valence-electron chi connectivity index (χ2n) is 5.91. The maximum atomic E-state index is 13.8. The van der Waals surface area contributed by atoms with Gasteiger partial charge in [-0.2, -0.15) is 0 Å².